The van der Waals surface area contributed by atoms with Crippen LogP contribution >= 0.6 is 11.6 Å². The molecule has 1 aromatic heterocycles. The first-order valence-corrected chi connectivity index (χ1v) is 8.45. The summed E-state index contributed by atoms with van der Waals surface area (Å²) in [5.74, 6) is 1.64. The van der Waals surface area contributed by atoms with Gasteiger partial charge in [0.25, 0.3) is 0 Å². The lowest BCUT2D eigenvalue weighted by Gasteiger charge is -2.15. The molecule has 2 N–H and O–H groups in total. The van der Waals surface area contributed by atoms with E-state index in [-0.39, 0.29) is 10.7 Å². The first-order chi connectivity index (χ1) is 11.8. The zero-order valence-electron chi connectivity index (χ0n) is 13.6. The highest BCUT2D eigenvalue weighted by molar-refractivity contribution is 6.31. The number of halogens is 4. The number of aryl methyl sites for hydroxylation is 1. The van der Waals surface area contributed by atoms with Crippen molar-refractivity contribution in [1.29, 1.82) is 0 Å². The predicted molar refractivity (Wildman–Crippen MR) is 92.4 cm³/mol. The molecule has 0 amide bonds. The second-order valence-corrected chi connectivity index (χ2v) is 6.54. The Labute approximate surface area is 148 Å². The van der Waals surface area contributed by atoms with E-state index < -0.39 is 11.7 Å². The summed E-state index contributed by atoms with van der Waals surface area (Å²) >= 11 is 5.65. The molecule has 8 heteroatoms. The summed E-state index contributed by atoms with van der Waals surface area (Å²) in [7, 11) is 0. The van der Waals surface area contributed by atoms with Gasteiger partial charge in [-0.3, -0.25) is 0 Å². The summed E-state index contributed by atoms with van der Waals surface area (Å²) in [6.07, 6.45) is 0.0666. The second kappa shape index (κ2) is 7.07. The summed E-state index contributed by atoms with van der Waals surface area (Å²) in [4.78, 5) is 8.59. The molecule has 0 radical (unpaired) electrons. The Morgan fingerprint density at radius 3 is 2.44 bits per heavy atom. The van der Waals surface area contributed by atoms with Crippen LogP contribution in [0.4, 0.5) is 30.5 Å². The first kappa shape index (κ1) is 17.8. The average molecular weight is 371 g/mol. The Morgan fingerprint density at radius 1 is 1.08 bits per heavy atom. The minimum absolute atomic E-state index is 0.265. The third kappa shape index (κ3) is 4.54. The van der Waals surface area contributed by atoms with Crippen molar-refractivity contribution in [3.05, 3.63) is 40.7 Å². The lowest BCUT2D eigenvalue weighted by atomic mass is 10.2. The molecular formula is C17H18ClF3N4. The maximum atomic E-state index is 13.0. The highest BCUT2D eigenvalue weighted by Gasteiger charge is 2.33. The number of nitrogens with one attached hydrogen (secondary N) is 2. The van der Waals surface area contributed by atoms with E-state index in [9.17, 15) is 13.2 Å². The van der Waals surface area contributed by atoms with Crippen LogP contribution in [0.1, 0.15) is 37.1 Å². The molecule has 0 aliphatic heterocycles. The van der Waals surface area contributed by atoms with Gasteiger partial charge in [-0.05, 0) is 38.0 Å². The topological polar surface area (TPSA) is 49.8 Å². The molecule has 1 heterocycles. The molecule has 1 aliphatic rings. The molecule has 25 heavy (non-hydrogen) atoms. The summed E-state index contributed by atoms with van der Waals surface area (Å²) in [5, 5.41) is 5.93. The van der Waals surface area contributed by atoms with Gasteiger partial charge < -0.3 is 10.6 Å². The predicted octanol–water partition coefficient (Wildman–Crippen LogP) is 5.56. The number of nitrogens with zero attached hydrogens (tertiary/aromatic N) is 2. The third-order valence-electron chi connectivity index (χ3n) is 4.09. The Morgan fingerprint density at radius 2 is 1.76 bits per heavy atom. The highest BCUT2D eigenvalue weighted by Crippen LogP contribution is 2.36. The van der Waals surface area contributed by atoms with Crippen molar-refractivity contribution >= 4 is 28.9 Å². The minimum Gasteiger partial charge on any atom is -0.367 e. The number of anilines is 3. The van der Waals surface area contributed by atoms with E-state index in [1.165, 1.54) is 25.0 Å². The maximum absolute atomic E-state index is 13.0. The fourth-order valence-electron chi connectivity index (χ4n) is 2.95. The van der Waals surface area contributed by atoms with Crippen molar-refractivity contribution in [3.63, 3.8) is 0 Å². The number of aromatic nitrogens is 2. The first-order valence-electron chi connectivity index (χ1n) is 8.07. The van der Waals surface area contributed by atoms with Crippen LogP contribution in [0.2, 0.25) is 5.02 Å². The van der Waals surface area contributed by atoms with Gasteiger partial charge in [-0.15, -0.1) is 0 Å². The molecule has 3 rings (SSSR count). The Balaban J connectivity index is 1.81. The van der Waals surface area contributed by atoms with Crippen LogP contribution < -0.4 is 10.6 Å². The van der Waals surface area contributed by atoms with E-state index in [1.54, 1.807) is 13.0 Å². The van der Waals surface area contributed by atoms with Gasteiger partial charge in [-0.2, -0.15) is 13.2 Å². The zero-order valence-corrected chi connectivity index (χ0v) is 14.4. The van der Waals surface area contributed by atoms with Crippen LogP contribution in [0.15, 0.2) is 24.3 Å². The van der Waals surface area contributed by atoms with Gasteiger partial charge in [0.2, 0.25) is 0 Å². The van der Waals surface area contributed by atoms with E-state index in [0.717, 1.165) is 18.9 Å². The molecule has 1 aromatic carbocycles. The summed E-state index contributed by atoms with van der Waals surface area (Å²) in [5.41, 5.74) is -0.615. The van der Waals surface area contributed by atoms with Crippen LogP contribution in [-0.2, 0) is 6.18 Å². The van der Waals surface area contributed by atoms with Gasteiger partial charge in [0.05, 0.1) is 10.6 Å². The minimum atomic E-state index is -4.51. The molecule has 2 aromatic rings. The molecule has 0 saturated heterocycles. The Kier molecular flexibility index (Phi) is 5.03. The second-order valence-electron chi connectivity index (χ2n) is 6.13. The molecule has 1 saturated carbocycles. The molecule has 0 bridgehead atoms. The number of hydrogen-bond donors (Lipinski definition) is 2. The van der Waals surface area contributed by atoms with Gasteiger partial charge in [-0.25, -0.2) is 9.97 Å². The molecule has 0 spiro atoms. The Bertz CT molecular complexity index is 758. The molecule has 0 atom stereocenters. The fourth-order valence-corrected chi connectivity index (χ4v) is 3.18. The fraction of sp³-hybridized carbons (Fsp3) is 0.412. The summed E-state index contributed by atoms with van der Waals surface area (Å²) in [6.45, 7) is 1.74. The van der Waals surface area contributed by atoms with E-state index >= 15 is 0 Å². The molecule has 1 aliphatic carbocycles. The molecular weight excluding hydrogens is 353 g/mol. The lowest BCUT2D eigenvalue weighted by Crippen LogP contribution is -2.16. The molecule has 0 unspecified atom stereocenters. The van der Waals surface area contributed by atoms with E-state index in [2.05, 4.69) is 20.6 Å². The Hall–Kier alpha value is -2.02. The third-order valence-corrected chi connectivity index (χ3v) is 4.42. The molecule has 134 valence electrons. The number of rotatable bonds is 4. The highest BCUT2D eigenvalue weighted by atomic mass is 35.5. The SMILES string of the molecule is Cc1nc(Nc2ccc(Cl)c(C(F)(F)F)c2)cc(NC2CCCC2)n1. The van der Waals surface area contributed by atoms with Gasteiger partial charge in [0.15, 0.2) is 0 Å². The van der Waals surface area contributed by atoms with Crippen molar-refractivity contribution in [1.82, 2.24) is 9.97 Å². The van der Waals surface area contributed by atoms with Crippen molar-refractivity contribution < 1.29 is 13.2 Å². The van der Waals surface area contributed by atoms with Gasteiger partial charge in [-0.1, -0.05) is 24.4 Å². The number of benzene rings is 1. The van der Waals surface area contributed by atoms with Gasteiger partial charge in [0.1, 0.15) is 17.5 Å². The monoisotopic (exact) mass is 370 g/mol. The van der Waals surface area contributed by atoms with Gasteiger partial charge >= 0.3 is 6.18 Å². The van der Waals surface area contributed by atoms with Crippen LogP contribution in [-0.4, -0.2) is 16.0 Å². The van der Waals surface area contributed by atoms with E-state index in [4.69, 9.17) is 11.6 Å². The van der Waals surface area contributed by atoms with Crippen molar-refractivity contribution in [3.8, 4) is 0 Å². The molecule has 4 nitrogen and oxygen atoms in total. The van der Waals surface area contributed by atoms with Crippen LogP contribution in [0.25, 0.3) is 0 Å². The summed E-state index contributed by atoms with van der Waals surface area (Å²) in [6, 6.07) is 5.77. The standard InChI is InChI=1S/C17H18ClF3N4/c1-10-22-15(24-11-4-2-3-5-11)9-16(23-10)25-12-6-7-14(18)13(8-12)17(19,20)21/h6-9,11H,2-5H2,1H3,(H2,22,23,24,25). The lowest BCUT2D eigenvalue weighted by molar-refractivity contribution is -0.137. The van der Waals surface area contributed by atoms with Crippen LogP contribution in [0.3, 0.4) is 0 Å². The smallest absolute Gasteiger partial charge is 0.367 e. The molecule has 1 fully saturated rings. The van der Waals surface area contributed by atoms with E-state index in [0.29, 0.717) is 23.5 Å². The van der Waals surface area contributed by atoms with Crippen LogP contribution in [0, 0.1) is 6.92 Å². The van der Waals surface area contributed by atoms with Crippen LogP contribution in [0.5, 0.6) is 0 Å². The van der Waals surface area contributed by atoms with Gasteiger partial charge in [0, 0.05) is 17.8 Å². The largest absolute Gasteiger partial charge is 0.417 e. The number of alkyl halides is 3. The van der Waals surface area contributed by atoms with Crippen molar-refractivity contribution in [2.45, 2.75) is 44.8 Å². The van der Waals surface area contributed by atoms with Crippen molar-refractivity contribution in [2.24, 2.45) is 0 Å². The van der Waals surface area contributed by atoms with E-state index in [1.807, 2.05) is 0 Å². The maximum Gasteiger partial charge on any atom is 0.417 e. The number of hydrogen-bond acceptors (Lipinski definition) is 4. The quantitative estimate of drug-likeness (QED) is 0.740. The summed E-state index contributed by atoms with van der Waals surface area (Å²) < 4.78 is 38.9. The average Bonchev–Trinajstić information content (AvgIpc) is 3.00. The zero-order chi connectivity index (χ0) is 18.0. The van der Waals surface area contributed by atoms with Crippen molar-refractivity contribution in [2.75, 3.05) is 10.6 Å². The normalized spacial score (nSPS) is 15.4.